The number of anilines is 1. The van der Waals surface area contributed by atoms with E-state index in [4.69, 9.17) is 16.3 Å². The van der Waals surface area contributed by atoms with Crippen LogP contribution in [0.1, 0.15) is 10.6 Å². The molecule has 0 radical (unpaired) electrons. The SMILES string of the molecule is Cc1ccc(Cl)c(OCC(=O)Nc2cccc(-c3csc(C)n3)c2)c1. The molecule has 128 valence electrons. The smallest absolute Gasteiger partial charge is 0.262 e. The van der Waals surface area contributed by atoms with E-state index in [0.717, 1.165) is 21.8 Å². The van der Waals surface area contributed by atoms with Crippen molar-refractivity contribution in [2.45, 2.75) is 13.8 Å². The Kier molecular flexibility index (Phi) is 5.36. The summed E-state index contributed by atoms with van der Waals surface area (Å²) in [5, 5.41) is 6.32. The molecule has 1 aromatic heterocycles. The summed E-state index contributed by atoms with van der Waals surface area (Å²) in [5.74, 6) is 0.257. The number of thiazole rings is 1. The molecule has 0 aliphatic carbocycles. The van der Waals surface area contributed by atoms with Gasteiger partial charge in [0.25, 0.3) is 5.91 Å². The van der Waals surface area contributed by atoms with Gasteiger partial charge < -0.3 is 10.1 Å². The van der Waals surface area contributed by atoms with Crippen molar-refractivity contribution in [3.63, 3.8) is 0 Å². The lowest BCUT2D eigenvalue weighted by Crippen LogP contribution is -2.20. The van der Waals surface area contributed by atoms with Crippen molar-refractivity contribution in [2.75, 3.05) is 11.9 Å². The van der Waals surface area contributed by atoms with Gasteiger partial charge in [-0.05, 0) is 43.7 Å². The van der Waals surface area contributed by atoms with Crippen molar-refractivity contribution in [2.24, 2.45) is 0 Å². The maximum Gasteiger partial charge on any atom is 0.262 e. The number of carbonyl (C=O) groups is 1. The molecule has 3 aromatic rings. The number of hydrogen-bond acceptors (Lipinski definition) is 4. The van der Waals surface area contributed by atoms with E-state index in [2.05, 4.69) is 10.3 Å². The third-order valence-corrected chi connectivity index (χ3v) is 4.59. The number of aromatic nitrogens is 1. The van der Waals surface area contributed by atoms with Crippen LogP contribution in [0.2, 0.25) is 5.02 Å². The minimum absolute atomic E-state index is 0.108. The Labute approximate surface area is 155 Å². The minimum atomic E-state index is -0.246. The number of carbonyl (C=O) groups excluding carboxylic acids is 1. The van der Waals surface area contributed by atoms with Crippen molar-refractivity contribution in [1.82, 2.24) is 4.98 Å². The second kappa shape index (κ2) is 7.68. The highest BCUT2D eigenvalue weighted by Crippen LogP contribution is 2.26. The Morgan fingerprint density at radius 1 is 1.24 bits per heavy atom. The van der Waals surface area contributed by atoms with Gasteiger partial charge in [0.05, 0.1) is 15.7 Å². The van der Waals surface area contributed by atoms with Crippen LogP contribution >= 0.6 is 22.9 Å². The molecule has 25 heavy (non-hydrogen) atoms. The average molecular weight is 373 g/mol. The molecule has 2 aromatic carbocycles. The Morgan fingerprint density at radius 2 is 2.08 bits per heavy atom. The molecule has 0 unspecified atom stereocenters. The maximum atomic E-state index is 12.1. The number of rotatable bonds is 5. The molecule has 1 heterocycles. The third-order valence-electron chi connectivity index (χ3n) is 3.51. The van der Waals surface area contributed by atoms with E-state index < -0.39 is 0 Å². The maximum absolute atomic E-state index is 12.1. The molecule has 1 amide bonds. The molecular weight excluding hydrogens is 356 g/mol. The number of amides is 1. The van der Waals surface area contributed by atoms with Gasteiger partial charge in [-0.3, -0.25) is 4.79 Å². The Morgan fingerprint density at radius 3 is 2.84 bits per heavy atom. The molecule has 0 bridgehead atoms. The Hall–Kier alpha value is -2.37. The van der Waals surface area contributed by atoms with E-state index in [9.17, 15) is 4.79 Å². The van der Waals surface area contributed by atoms with Crippen LogP contribution in [0.15, 0.2) is 47.8 Å². The first-order valence-corrected chi connectivity index (χ1v) is 8.98. The van der Waals surface area contributed by atoms with Crippen LogP contribution in [-0.2, 0) is 4.79 Å². The second-order valence-electron chi connectivity index (χ2n) is 5.60. The fourth-order valence-electron chi connectivity index (χ4n) is 2.31. The van der Waals surface area contributed by atoms with Gasteiger partial charge in [0, 0.05) is 16.6 Å². The number of nitrogens with zero attached hydrogens (tertiary/aromatic N) is 1. The van der Waals surface area contributed by atoms with E-state index in [0.29, 0.717) is 16.5 Å². The number of halogens is 1. The normalized spacial score (nSPS) is 10.5. The van der Waals surface area contributed by atoms with E-state index in [1.54, 1.807) is 23.5 Å². The highest BCUT2D eigenvalue weighted by atomic mass is 35.5. The second-order valence-corrected chi connectivity index (χ2v) is 7.07. The van der Waals surface area contributed by atoms with Crippen molar-refractivity contribution >= 4 is 34.5 Å². The van der Waals surface area contributed by atoms with Gasteiger partial charge in [0.2, 0.25) is 0 Å². The number of hydrogen-bond donors (Lipinski definition) is 1. The molecule has 0 atom stereocenters. The zero-order chi connectivity index (χ0) is 17.8. The van der Waals surface area contributed by atoms with Crippen LogP contribution < -0.4 is 10.1 Å². The molecule has 0 aliphatic rings. The summed E-state index contributed by atoms with van der Waals surface area (Å²) < 4.78 is 5.52. The monoisotopic (exact) mass is 372 g/mol. The number of nitrogens with one attached hydrogen (secondary N) is 1. The molecule has 0 fully saturated rings. The lowest BCUT2D eigenvalue weighted by molar-refractivity contribution is -0.118. The first-order chi connectivity index (χ1) is 12.0. The van der Waals surface area contributed by atoms with Crippen molar-refractivity contribution < 1.29 is 9.53 Å². The zero-order valence-electron chi connectivity index (χ0n) is 13.9. The van der Waals surface area contributed by atoms with Gasteiger partial charge in [-0.25, -0.2) is 4.98 Å². The third kappa shape index (κ3) is 4.59. The summed E-state index contributed by atoms with van der Waals surface area (Å²) >= 11 is 7.66. The lowest BCUT2D eigenvalue weighted by atomic mass is 10.1. The standard InChI is InChI=1S/C19H17ClN2O2S/c1-12-6-7-16(20)18(8-12)24-10-19(23)22-15-5-3-4-14(9-15)17-11-25-13(2)21-17/h3-9,11H,10H2,1-2H3,(H,22,23). The number of aryl methyl sites for hydroxylation is 2. The average Bonchev–Trinajstić information content (AvgIpc) is 3.02. The molecule has 0 saturated carbocycles. The van der Waals surface area contributed by atoms with E-state index >= 15 is 0 Å². The van der Waals surface area contributed by atoms with E-state index in [-0.39, 0.29) is 12.5 Å². The Bertz CT molecular complexity index is 908. The molecule has 0 saturated heterocycles. The number of benzene rings is 2. The van der Waals surface area contributed by atoms with Crippen molar-refractivity contribution in [3.05, 3.63) is 63.4 Å². The summed E-state index contributed by atoms with van der Waals surface area (Å²) in [6.07, 6.45) is 0. The van der Waals surface area contributed by atoms with Crippen molar-refractivity contribution in [1.29, 1.82) is 0 Å². The lowest BCUT2D eigenvalue weighted by Gasteiger charge is -2.10. The van der Waals surface area contributed by atoms with Crippen LogP contribution in [-0.4, -0.2) is 17.5 Å². The first kappa shape index (κ1) is 17.5. The predicted octanol–water partition coefficient (Wildman–Crippen LogP) is 5.10. The summed E-state index contributed by atoms with van der Waals surface area (Å²) in [6, 6.07) is 13.0. The fraction of sp³-hybridized carbons (Fsp3) is 0.158. The van der Waals surface area contributed by atoms with Gasteiger partial charge >= 0.3 is 0 Å². The van der Waals surface area contributed by atoms with E-state index in [1.807, 2.05) is 49.6 Å². The summed E-state index contributed by atoms with van der Waals surface area (Å²) in [6.45, 7) is 3.80. The zero-order valence-corrected chi connectivity index (χ0v) is 15.4. The van der Waals surface area contributed by atoms with Gasteiger partial charge in [0.1, 0.15) is 5.75 Å². The fourth-order valence-corrected chi connectivity index (χ4v) is 3.11. The summed E-state index contributed by atoms with van der Waals surface area (Å²) in [7, 11) is 0. The van der Waals surface area contributed by atoms with Crippen LogP contribution in [0.4, 0.5) is 5.69 Å². The largest absolute Gasteiger partial charge is 0.482 e. The molecule has 3 rings (SSSR count). The van der Waals surface area contributed by atoms with Crippen LogP contribution in [0.5, 0.6) is 5.75 Å². The molecule has 4 nitrogen and oxygen atoms in total. The summed E-state index contributed by atoms with van der Waals surface area (Å²) in [5.41, 5.74) is 3.59. The molecule has 0 aliphatic heterocycles. The highest BCUT2D eigenvalue weighted by Gasteiger charge is 2.08. The quantitative estimate of drug-likeness (QED) is 0.678. The van der Waals surface area contributed by atoms with Gasteiger partial charge in [-0.2, -0.15) is 0 Å². The first-order valence-electron chi connectivity index (χ1n) is 7.72. The van der Waals surface area contributed by atoms with Crippen molar-refractivity contribution in [3.8, 4) is 17.0 Å². The number of ether oxygens (including phenoxy) is 1. The van der Waals surface area contributed by atoms with Gasteiger partial charge in [-0.15, -0.1) is 11.3 Å². The Balaban J connectivity index is 1.64. The molecule has 6 heteroatoms. The minimum Gasteiger partial charge on any atom is -0.482 e. The topological polar surface area (TPSA) is 51.2 Å². The van der Waals surface area contributed by atoms with Gasteiger partial charge in [0.15, 0.2) is 6.61 Å². The van der Waals surface area contributed by atoms with Crippen LogP contribution in [0, 0.1) is 13.8 Å². The van der Waals surface area contributed by atoms with Gasteiger partial charge in [-0.1, -0.05) is 29.8 Å². The van der Waals surface area contributed by atoms with Crippen LogP contribution in [0.25, 0.3) is 11.3 Å². The highest BCUT2D eigenvalue weighted by molar-refractivity contribution is 7.09. The molecule has 0 spiro atoms. The summed E-state index contributed by atoms with van der Waals surface area (Å²) in [4.78, 5) is 16.6. The molecular formula is C19H17ClN2O2S. The van der Waals surface area contributed by atoms with Crippen LogP contribution in [0.3, 0.4) is 0 Å². The molecule has 1 N–H and O–H groups in total. The van der Waals surface area contributed by atoms with E-state index in [1.165, 1.54) is 0 Å². The predicted molar refractivity (Wildman–Crippen MR) is 103 cm³/mol.